The lowest BCUT2D eigenvalue weighted by atomic mass is 9.92. The third-order valence-electron chi connectivity index (χ3n) is 3.32. The monoisotopic (exact) mass is 470 g/mol. The summed E-state index contributed by atoms with van der Waals surface area (Å²) >= 11 is 6.15. The van der Waals surface area contributed by atoms with E-state index in [1.165, 1.54) is 12.1 Å². The van der Waals surface area contributed by atoms with Gasteiger partial charge in [-0.2, -0.15) is 13.2 Å². The van der Waals surface area contributed by atoms with Crippen molar-refractivity contribution >= 4 is 49.2 Å². The molecule has 0 bridgehead atoms. The minimum absolute atomic E-state index is 0.0994. The van der Waals surface area contributed by atoms with Gasteiger partial charge in [0.2, 0.25) is 0 Å². The van der Waals surface area contributed by atoms with Crippen molar-refractivity contribution in [2.45, 2.75) is 25.4 Å². The first kappa shape index (κ1) is 19.0. The molecule has 9 heteroatoms. The maximum atomic E-state index is 12.4. The summed E-state index contributed by atoms with van der Waals surface area (Å²) in [5.74, 6) is -1.70. The second-order valence-corrected chi connectivity index (χ2v) is 6.71. The van der Waals surface area contributed by atoms with Gasteiger partial charge in [0.1, 0.15) is 5.75 Å². The van der Waals surface area contributed by atoms with Crippen LogP contribution in [0.5, 0.6) is 5.75 Å². The van der Waals surface area contributed by atoms with E-state index in [0.717, 1.165) is 0 Å². The summed E-state index contributed by atoms with van der Waals surface area (Å²) in [6.07, 6.45) is -1.69. The molecular formula is C15H11Br2F3O4. The number of ketones is 1. The maximum Gasteiger partial charge on any atom is 0.422 e. The second-order valence-electron chi connectivity index (χ2n) is 5.13. The Labute approximate surface area is 151 Å². The molecule has 0 atom stereocenters. The second kappa shape index (κ2) is 7.26. The number of alkyl halides is 3. The van der Waals surface area contributed by atoms with E-state index in [9.17, 15) is 27.9 Å². The highest BCUT2D eigenvalue weighted by Gasteiger charge is 2.31. The molecule has 2 rings (SSSR count). The highest BCUT2D eigenvalue weighted by atomic mass is 79.9. The highest BCUT2D eigenvalue weighted by molar-refractivity contribution is 9.11. The SMILES string of the molecule is O=C1C=C(c2cc(C(=O)O)c(Br)c(OCC(F)(F)F)c2Br)CCC1. The molecule has 0 unspecified atom stereocenters. The lowest BCUT2D eigenvalue weighted by Crippen LogP contribution is -2.20. The zero-order valence-corrected chi connectivity index (χ0v) is 15.2. The van der Waals surface area contributed by atoms with Gasteiger partial charge in [-0.1, -0.05) is 0 Å². The van der Waals surface area contributed by atoms with Crippen molar-refractivity contribution in [3.8, 4) is 5.75 Å². The number of hydrogen-bond acceptors (Lipinski definition) is 3. The van der Waals surface area contributed by atoms with Crippen LogP contribution in [0.25, 0.3) is 5.57 Å². The normalized spacial score (nSPS) is 15.2. The molecule has 4 nitrogen and oxygen atoms in total. The van der Waals surface area contributed by atoms with Gasteiger partial charge in [-0.15, -0.1) is 0 Å². The molecule has 1 N–H and O–H groups in total. The zero-order chi connectivity index (χ0) is 18.1. The highest BCUT2D eigenvalue weighted by Crippen LogP contribution is 2.43. The van der Waals surface area contributed by atoms with Crippen LogP contribution in [0.3, 0.4) is 0 Å². The van der Waals surface area contributed by atoms with E-state index in [4.69, 9.17) is 4.74 Å². The number of carbonyl (C=O) groups excluding carboxylic acids is 1. The summed E-state index contributed by atoms with van der Waals surface area (Å²) < 4.78 is 42.2. The topological polar surface area (TPSA) is 63.6 Å². The van der Waals surface area contributed by atoms with Gasteiger partial charge in [0.25, 0.3) is 0 Å². The van der Waals surface area contributed by atoms with Crippen molar-refractivity contribution in [2.24, 2.45) is 0 Å². The standard InChI is InChI=1S/C15H11Br2F3O4/c16-11-9(7-2-1-3-8(21)4-7)5-10(14(22)23)12(17)13(11)24-6-15(18,19)20/h4-5H,1-3,6H2,(H,22,23). The van der Waals surface area contributed by atoms with Crippen molar-refractivity contribution < 1.29 is 32.6 Å². The Bertz CT molecular complexity index is 726. The number of rotatable bonds is 4. The molecule has 0 spiro atoms. The fourth-order valence-electron chi connectivity index (χ4n) is 2.29. The number of halogens is 5. The third-order valence-corrected chi connectivity index (χ3v) is 4.90. The molecule has 1 aliphatic rings. The van der Waals surface area contributed by atoms with E-state index in [1.54, 1.807) is 0 Å². The van der Waals surface area contributed by atoms with Crippen molar-refractivity contribution in [1.82, 2.24) is 0 Å². The van der Waals surface area contributed by atoms with Crippen LogP contribution in [-0.2, 0) is 4.79 Å². The molecule has 130 valence electrons. The molecule has 1 aliphatic carbocycles. The molecule has 1 aromatic carbocycles. The van der Waals surface area contributed by atoms with Crippen LogP contribution in [0.2, 0.25) is 0 Å². The van der Waals surface area contributed by atoms with Crippen LogP contribution >= 0.6 is 31.9 Å². The Morgan fingerprint density at radius 2 is 1.92 bits per heavy atom. The first-order chi connectivity index (χ1) is 11.1. The fourth-order valence-corrected chi connectivity index (χ4v) is 3.83. The largest absolute Gasteiger partial charge is 0.482 e. The van der Waals surface area contributed by atoms with Crippen molar-refractivity contribution in [3.63, 3.8) is 0 Å². The molecule has 0 amide bonds. The van der Waals surface area contributed by atoms with Crippen LogP contribution in [0, 0.1) is 0 Å². The number of ether oxygens (including phenoxy) is 1. The van der Waals surface area contributed by atoms with Gasteiger partial charge in [-0.25, -0.2) is 4.79 Å². The Balaban J connectivity index is 2.57. The predicted molar refractivity (Wildman–Crippen MR) is 87.2 cm³/mol. The van der Waals surface area contributed by atoms with Crippen LogP contribution in [-0.4, -0.2) is 29.6 Å². The smallest absolute Gasteiger partial charge is 0.422 e. The predicted octanol–water partition coefficient (Wildman–Crippen LogP) is 4.99. The van der Waals surface area contributed by atoms with Crippen molar-refractivity contribution in [1.29, 1.82) is 0 Å². The van der Waals surface area contributed by atoms with Crippen molar-refractivity contribution in [2.75, 3.05) is 6.61 Å². The first-order valence-corrected chi connectivity index (χ1v) is 8.37. The number of carbonyl (C=O) groups is 2. The average Bonchev–Trinajstić information content (AvgIpc) is 2.45. The van der Waals surface area contributed by atoms with Gasteiger partial charge < -0.3 is 9.84 Å². The lowest BCUT2D eigenvalue weighted by molar-refractivity contribution is -0.153. The number of hydrogen-bond donors (Lipinski definition) is 1. The van der Waals surface area contributed by atoms with E-state index in [-0.39, 0.29) is 26.0 Å². The summed E-state index contributed by atoms with van der Waals surface area (Å²) in [5, 5.41) is 9.27. The van der Waals surface area contributed by atoms with E-state index >= 15 is 0 Å². The molecule has 0 saturated heterocycles. The minimum Gasteiger partial charge on any atom is -0.482 e. The lowest BCUT2D eigenvalue weighted by Gasteiger charge is -2.19. The van der Waals surface area contributed by atoms with Gasteiger partial charge in [0.15, 0.2) is 12.4 Å². The number of allylic oxidation sites excluding steroid dienone is 2. The van der Waals surface area contributed by atoms with E-state index < -0.39 is 18.8 Å². The third kappa shape index (κ3) is 4.38. The summed E-state index contributed by atoms with van der Waals surface area (Å²) in [4.78, 5) is 23.0. The Kier molecular flexibility index (Phi) is 5.74. The number of benzene rings is 1. The minimum atomic E-state index is -4.57. The molecule has 0 heterocycles. The molecule has 1 aromatic rings. The van der Waals surface area contributed by atoms with Gasteiger partial charge in [0.05, 0.1) is 14.5 Å². The molecular weight excluding hydrogens is 461 g/mol. The van der Waals surface area contributed by atoms with Crippen LogP contribution < -0.4 is 4.74 Å². The number of carboxylic acid groups (broad SMARTS) is 1. The van der Waals surface area contributed by atoms with Gasteiger partial charge in [0, 0.05) is 6.42 Å². The summed E-state index contributed by atoms with van der Waals surface area (Å²) in [7, 11) is 0. The van der Waals surface area contributed by atoms with E-state index in [0.29, 0.717) is 30.4 Å². The number of carboxylic acids is 1. The molecule has 24 heavy (non-hydrogen) atoms. The van der Waals surface area contributed by atoms with Gasteiger partial charge in [-0.05, 0) is 68.0 Å². The van der Waals surface area contributed by atoms with Gasteiger partial charge >= 0.3 is 12.1 Å². The van der Waals surface area contributed by atoms with Crippen molar-refractivity contribution in [3.05, 3.63) is 32.2 Å². The molecule has 0 fully saturated rings. The summed E-state index contributed by atoms with van der Waals surface area (Å²) in [6, 6.07) is 1.31. The van der Waals surface area contributed by atoms with E-state index in [2.05, 4.69) is 31.9 Å². The molecule has 0 aromatic heterocycles. The average molecular weight is 472 g/mol. The zero-order valence-electron chi connectivity index (χ0n) is 12.0. The molecule has 0 aliphatic heterocycles. The first-order valence-electron chi connectivity index (χ1n) is 6.78. The Morgan fingerprint density at radius 3 is 2.46 bits per heavy atom. The quantitative estimate of drug-likeness (QED) is 0.672. The summed E-state index contributed by atoms with van der Waals surface area (Å²) in [6.45, 7) is -1.56. The van der Waals surface area contributed by atoms with Crippen LogP contribution in [0.1, 0.15) is 35.2 Å². The Morgan fingerprint density at radius 1 is 1.25 bits per heavy atom. The summed E-state index contributed by atoms with van der Waals surface area (Å²) in [5.41, 5.74) is 0.648. The van der Waals surface area contributed by atoms with Gasteiger partial charge in [-0.3, -0.25) is 4.79 Å². The van der Waals surface area contributed by atoms with Crippen LogP contribution in [0.4, 0.5) is 13.2 Å². The number of aromatic carboxylic acids is 1. The van der Waals surface area contributed by atoms with E-state index in [1.807, 2.05) is 0 Å². The molecule has 0 saturated carbocycles. The maximum absolute atomic E-state index is 12.4. The van der Waals surface area contributed by atoms with Crippen LogP contribution in [0.15, 0.2) is 21.1 Å². The fraction of sp³-hybridized carbons (Fsp3) is 0.333. The Hall–Kier alpha value is -1.35. The molecule has 0 radical (unpaired) electrons.